The first kappa shape index (κ1) is 18.1. The number of nitrogens with zero attached hydrogens (tertiary/aromatic N) is 3. The largest absolute Gasteiger partial charge is 0.486 e. The summed E-state index contributed by atoms with van der Waals surface area (Å²) < 4.78 is 8.08. The summed E-state index contributed by atoms with van der Waals surface area (Å²) in [7, 11) is 0. The van der Waals surface area contributed by atoms with E-state index < -0.39 is 0 Å². The summed E-state index contributed by atoms with van der Waals surface area (Å²) in [4.78, 5) is 17.6. The molecule has 0 aliphatic carbocycles. The van der Waals surface area contributed by atoms with Gasteiger partial charge in [0.25, 0.3) is 5.56 Å². The number of halogens is 1. The van der Waals surface area contributed by atoms with Crippen LogP contribution in [0.1, 0.15) is 11.4 Å². The van der Waals surface area contributed by atoms with E-state index in [-0.39, 0.29) is 12.2 Å². The molecule has 3 aromatic carbocycles. The van der Waals surface area contributed by atoms with Crippen LogP contribution in [0.15, 0.2) is 93.2 Å². The summed E-state index contributed by atoms with van der Waals surface area (Å²) in [5, 5.41) is 4.90. The maximum atomic E-state index is 13.0. The van der Waals surface area contributed by atoms with Crippen molar-refractivity contribution in [2.45, 2.75) is 6.61 Å². The number of aromatic nitrogens is 2. The lowest BCUT2D eigenvalue weighted by Gasteiger charge is -2.10. The van der Waals surface area contributed by atoms with Gasteiger partial charge in [-0.25, -0.2) is 4.98 Å². The minimum absolute atomic E-state index is 0.127. The first-order chi connectivity index (χ1) is 13.7. The Hall–Kier alpha value is -3.25. The van der Waals surface area contributed by atoms with Crippen molar-refractivity contribution in [3.05, 3.63) is 105 Å². The molecule has 0 amide bonds. The molecule has 4 aromatic rings. The molecule has 0 bridgehead atoms. The van der Waals surface area contributed by atoms with E-state index in [1.54, 1.807) is 12.3 Å². The molecule has 0 N–H and O–H groups in total. The van der Waals surface area contributed by atoms with Crippen LogP contribution in [0, 0.1) is 0 Å². The smallest absolute Gasteiger partial charge is 0.282 e. The molecule has 0 fully saturated rings. The van der Waals surface area contributed by atoms with Crippen molar-refractivity contribution in [3.63, 3.8) is 0 Å². The second-order valence-electron chi connectivity index (χ2n) is 6.06. The molecule has 0 aliphatic rings. The molecule has 0 radical (unpaired) electrons. The molecule has 0 atom stereocenters. The molecule has 6 heteroatoms. The van der Waals surface area contributed by atoms with Crippen LogP contribution >= 0.6 is 15.9 Å². The van der Waals surface area contributed by atoms with Crippen LogP contribution in [-0.4, -0.2) is 15.9 Å². The predicted molar refractivity (Wildman–Crippen MR) is 114 cm³/mol. The zero-order valence-corrected chi connectivity index (χ0v) is 16.4. The van der Waals surface area contributed by atoms with Crippen molar-refractivity contribution in [1.29, 1.82) is 0 Å². The van der Waals surface area contributed by atoms with Crippen LogP contribution in [0.2, 0.25) is 0 Å². The molecular formula is C22H16BrN3O2. The van der Waals surface area contributed by atoms with E-state index in [9.17, 15) is 4.79 Å². The molecule has 1 aromatic heterocycles. The standard InChI is InChI=1S/C22H16BrN3O2/c23-17-12-10-16(11-13-17)14-24-26-21(15-28-18-6-2-1-3-7-18)25-20-9-5-4-8-19(20)22(26)27/h1-14H,15H2/b24-14+. The number of ether oxygens (including phenoxy) is 1. The third kappa shape index (κ3) is 4.02. The Kier molecular flexibility index (Phi) is 5.30. The zero-order valence-electron chi connectivity index (χ0n) is 14.8. The SMILES string of the molecule is O=c1c2ccccc2nc(COc2ccccc2)n1/N=C/c1ccc(Br)cc1. The summed E-state index contributed by atoms with van der Waals surface area (Å²) in [6, 6.07) is 24.3. The van der Waals surface area contributed by atoms with Crippen molar-refractivity contribution in [2.75, 3.05) is 0 Å². The van der Waals surface area contributed by atoms with Crippen LogP contribution in [0.25, 0.3) is 10.9 Å². The van der Waals surface area contributed by atoms with E-state index in [1.165, 1.54) is 4.68 Å². The Balaban J connectivity index is 1.74. The first-order valence-electron chi connectivity index (χ1n) is 8.69. The summed E-state index contributed by atoms with van der Waals surface area (Å²) in [5.74, 6) is 1.13. The number of benzene rings is 3. The fourth-order valence-corrected chi connectivity index (χ4v) is 2.98. The maximum Gasteiger partial charge on any atom is 0.282 e. The van der Waals surface area contributed by atoms with Gasteiger partial charge in [0.2, 0.25) is 0 Å². The summed E-state index contributed by atoms with van der Waals surface area (Å²) >= 11 is 3.41. The highest BCUT2D eigenvalue weighted by atomic mass is 79.9. The van der Waals surface area contributed by atoms with Crippen LogP contribution in [0.4, 0.5) is 0 Å². The molecule has 5 nitrogen and oxygen atoms in total. The number of hydrogen-bond donors (Lipinski definition) is 0. The van der Waals surface area contributed by atoms with Gasteiger partial charge in [-0.1, -0.05) is 58.4 Å². The highest BCUT2D eigenvalue weighted by Gasteiger charge is 2.11. The third-order valence-corrected chi connectivity index (χ3v) is 4.65. The lowest BCUT2D eigenvalue weighted by atomic mass is 10.2. The molecule has 4 rings (SSSR count). The summed E-state index contributed by atoms with van der Waals surface area (Å²) in [6.07, 6.45) is 1.64. The van der Waals surface area contributed by atoms with Gasteiger partial charge in [0.1, 0.15) is 12.4 Å². The van der Waals surface area contributed by atoms with Crippen molar-refractivity contribution in [3.8, 4) is 5.75 Å². The van der Waals surface area contributed by atoms with Gasteiger partial charge in [0.15, 0.2) is 5.82 Å². The third-order valence-electron chi connectivity index (χ3n) is 4.12. The summed E-state index contributed by atoms with van der Waals surface area (Å²) in [5.41, 5.74) is 1.26. The van der Waals surface area contributed by atoms with Crippen molar-refractivity contribution >= 4 is 33.0 Å². The van der Waals surface area contributed by atoms with E-state index in [0.717, 1.165) is 10.0 Å². The lowest BCUT2D eigenvalue weighted by Crippen LogP contribution is -2.23. The second-order valence-corrected chi connectivity index (χ2v) is 6.98. The monoisotopic (exact) mass is 433 g/mol. The van der Waals surface area contributed by atoms with Crippen molar-refractivity contribution in [1.82, 2.24) is 9.66 Å². The second kappa shape index (κ2) is 8.19. The summed E-state index contributed by atoms with van der Waals surface area (Å²) in [6.45, 7) is 0.127. The Morgan fingerprint density at radius 1 is 0.964 bits per heavy atom. The van der Waals surface area contributed by atoms with Gasteiger partial charge in [-0.2, -0.15) is 9.78 Å². The molecule has 0 spiro atoms. The average Bonchev–Trinajstić information content (AvgIpc) is 2.74. The van der Waals surface area contributed by atoms with E-state index in [4.69, 9.17) is 4.74 Å². The van der Waals surface area contributed by atoms with Crippen molar-refractivity contribution < 1.29 is 4.74 Å². The Labute approximate surface area is 170 Å². The first-order valence-corrected chi connectivity index (χ1v) is 9.48. The van der Waals surface area contributed by atoms with Crippen LogP contribution in [0.3, 0.4) is 0 Å². The lowest BCUT2D eigenvalue weighted by molar-refractivity contribution is 0.289. The highest BCUT2D eigenvalue weighted by molar-refractivity contribution is 9.10. The normalized spacial score (nSPS) is 11.2. The zero-order chi connectivity index (χ0) is 19.3. The van der Waals surface area contributed by atoms with E-state index in [2.05, 4.69) is 26.0 Å². The molecule has 0 saturated carbocycles. The highest BCUT2D eigenvalue weighted by Crippen LogP contribution is 2.13. The number of fused-ring (bicyclic) bond motifs is 1. The van der Waals surface area contributed by atoms with Crippen molar-refractivity contribution in [2.24, 2.45) is 5.10 Å². The molecular weight excluding hydrogens is 418 g/mol. The van der Waals surface area contributed by atoms with Gasteiger partial charge in [0, 0.05) is 4.47 Å². The molecule has 0 aliphatic heterocycles. The Morgan fingerprint density at radius 2 is 1.68 bits per heavy atom. The maximum absolute atomic E-state index is 13.0. The van der Waals surface area contributed by atoms with Gasteiger partial charge in [-0.05, 0) is 42.0 Å². The number of para-hydroxylation sites is 2. The fraction of sp³-hybridized carbons (Fsp3) is 0.0455. The number of hydrogen-bond acceptors (Lipinski definition) is 4. The van der Waals surface area contributed by atoms with Gasteiger partial charge in [0.05, 0.1) is 17.1 Å². The predicted octanol–water partition coefficient (Wildman–Crippen LogP) is 4.62. The molecule has 0 unspecified atom stereocenters. The van der Waals surface area contributed by atoms with Gasteiger partial charge < -0.3 is 4.74 Å². The van der Waals surface area contributed by atoms with Crippen LogP contribution < -0.4 is 10.3 Å². The topological polar surface area (TPSA) is 56.5 Å². The van der Waals surface area contributed by atoms with E-state index in [0.29, 0.717) is 22.5 Å². The van der Waals surface area contributed by atoms with Gasteiger partial charge in [-0.15, -0.1) is 0 Å². The van der Waals surface area contributed by atoms with Gasteiger partial charge in [-0.3, -0.25) is 4.79 Å². The van der Waals surface area contributed by atoms with E-state index >= 15 is 0 Å². The van der Waals surface area contributed by atoms with Crippen LogP contribution in [-0.2, 0) is 6.61 Å². The van der Waals surface area contributed by atoms with Gasteiger partial charge >= 0.3 is 0 Å². The number of rotatable bonds is 5. The fourth-order valence-electron chi connectivity index (χ4n) is 2.72. The minimum Gasteiger partial charge on any atom is -0.486 e. The Bertz CT molecular complexity index is 1190. The molecule has 1 heterocycles. The van der Waals surface area contributed by atoms with Crippen LogP contribution in [0.5, 0.6) is 5.75 Å². The molecule has 28 heavy (non-hydrogen) atoms. The molecule has 0 saturated heterocycles. The quantitative estimate of drug-likeness (QED) is 0.431. The molecule has 138 valence electrons. The van der Waals surface area contributed by atoms with E-state index in [1.807, 2.05) is 72.8 Å². The Morgan fingerprint density at radius 3 is 2.46 bits per heavy atom. The minimum atomic E-state index is -0.231. The average molecular weight is 434 g/mol.